The lowest BCUT2D eigenvalue weighted by Gasteiger charge is -2.30. The molecule has 0 bridgehead atoms. The van der Waals surface area contributed by atoms with E-state index in [0.717, 1.165) is 17.0 Å². The molecular weight excluding hydrogens is 385 g/mol. The van der Waals surface area contributed by atoms with E-state index in [1.165, 1.54) is 17.0 Å². The van der Waals surface area contributed by atoms with Crippen LogP contribution in [0.2, 0.25) is 0 Å². The summed E-state index contributed by atoms with van der Waals surface area (Å²) in [6.07, 6.45) is -3.82. The van der Waals surface area contributed by atoms with Gasteiger partial charge in [-0.05, 0) is 30.4 Å². The molecule has 158 valence electrons. The molecule has 2 fully saturated rings. The highest BCUT2D eigenvalue weighted by Gasteiger charge is 2.57. The Bertz CT molecular complexity index is 833. The molecule has 3 amide bonds. The van der Waals surface area contributed by atoms with Crippen LogP contribution in [-0.2, 0) is 26.0 Å². The van der Waals surface area contributed by atoms with E-state index < -0.39 is 29.0 Å². The molecular formula is C21H25F3N2O3. The van der Waals surface area contributed by atoms with E-state index in [1.54, 1.807) is 7.05 Å². The van der Waals surface area contributed by atoms with Gasteiger partial charge in [0.05, 0.1) is 11.0 Å². The third-order valence-electron chi connectivity index (χ3n) is 5.52. The van der Waals surface area contributed by atoms with E-state index in [1.807, 2.05) is 13.8 Å². The zero-order valence-electron chi connectivity index (χ0n) is 16.8. The van der Waals surface area contributed by atoms with Gasteiger partial charge in [-0.25, -0.2) is 0 Å². The molecule has 1 aliphatic heterocycles. The molecule has 1 aromatic rings. The van der Waals surface area contributed by atoms with Gasteiger partial charge in [0.1, 0.15) is 0 Å². The van der Waals surface area contributed by atoms with Crippen molar-refractivity contribution < 1.29 is 27.6 Å². The molecule has 1 heterocycles. The van der Waals surface area contributed by atoms with E-state index in [-0.39, 0.29) is 36.3 Å². The summed E-state index contributed by atoms with van der Waals surface area (Å²) < 4.78 is 39.8. The van der Waals surface area contributed by atoms with Crippen LogP contribution in [0.4, 0.5) is 13.2 Å². The summed E-state index contributed by atoms with van der Waals surface area (Å²) in [4.78, 5) is 41.4. The highest BCUT2D eigenvalue weighted by atomic mass is 19.4. The second-order valence-corrected chi connectivity index (χ2v) is 8.48. The third kappa shape index (κ3) is 4.16. The quantitative estimate of drug-likeness (QED) is 0.676. The standard InChI is InChI=1S/C21H25F3N2O3/c1-13(2)12-25(3)17(27)10-20(11-18(28)26(19(20)29)16-7-8-16)14-5-4-6-15(9-14)21(22,23)24/h4-6,9,13,16H,7-8,10-12H2,1-3H3. The first-order chi connectivity index (χ1) is 13.5. The molecule has 8 heteroatoms. The molecule has 1 aromatic carbocycles. The molecule has 1 saturated carbocycles. The zero-order chi connectivity index (χ0) is 21.6. The van der Waals surface area contributed by atoms with Crippen LogP contribution in [0.1, 0.15) is 50.7 Å². The summed E-state index contributed by atoms with van der Waals surface area (Å²) in [7, 11) is 1.60. The Morgan fingerprint density at radius 2 is 1.93 bits per heavy atom. The van der Waals surface area contributed by atoms with Crippen LogP contribution in [0.5, 0.6) is 0 Å². The molecule has 5 nitrogen and oxygen atoms in total. The minimum atomic E-state index is -4.59. The first-order valence-corrected chi connectivity index (χ1v) is 9.74. The van der Waals surface area contributed by atoms with Crippen molar-refractivity contribution in [3.63, 3.8) is 0 Å². The number of carbonyl (C=O) groups is 3. The van der Waals surface area contributed by atoms with Crippen LogP contribution < -0.4 is 0 Å². The molecule has 0 N–H and O–H groups in total. The van der Waals surface area contributed by atoms with Crippen LogP contribution >= 0.6 is 0 Å². The van der Waals surface area contributed by atoms with E-state index in [2.05, 4.69) is 0 Å². The van der Waals surface area contributed by atoms with Crippen molar-refractivity contribution >= 4 is 17.7 Å². The fraction of sp³-hybridized carbons (Fsp3) is 0.571. The van der Waals surface area contributed by atoms with E-state index in [0.29, 0.717) is 19.4 Å². The summed E-state index contributed by atoms with van der Waals surface area (Å²) in [5.74, 6) is -1.16. The summed E-state index contributed by atoms with van der Waals surface area (Å²) in [6, 6.07) is 4.25. The molecule has 1 unspecified atom stereocenters. The van der Waals surface area contributed by atoms with E-state index in [9.17, 15) is 27.6 Å². The number of halogens is 3. The van der Waals surface area contributed by atoms with Crippen LogP contribution in [0.25, 0.3) is 0 Å². The third-order valence-corrected chi connectivity index (χ3v) is 5.52. The maximum atomic E-state index is 13.3. The van der Waals surface area contributed by atoms with Crippen molar-refractivity contribution in [1.29, 1.82) is 0 Å². The van der Waals surface area contributed by atoms with Crippen LogP contribution in [0, 0.1) is 5.92 Å². The maximum Gasteiger partial charge on any atom is 0.416 e. The summed E-state index contributed by atoms with van der Waals surface area (Å²) in [5, 5.41) is 0. The number of carbonyl (C=O) groups excluding carboxylic acids is 3. The Labute approximate surface area is 167 Å². The molecule has 1 atom stereocenters. The number of hydrogen-bond donors (Lipinski definition) is 0. The Morgan fingerprint density at radius 3 is 2.48 bits per heavy atom. The number of amides is 3. The molecule has 0 radical (unpaired) electrons. The van der Waals surface area contributed by atoms with Gasteiger partial charge in [0.15, 0.2) is 0 Å². The monoisotopic (exact) mass is 410 g/mol. The number of nitrogens with zero attached hydrogens (tertiary/aromatic N) is 2. The van der Waals surface area contributed by atoms with Crippen LogP contribution in [0.15, 0.2) is 24.3 Å². The topological polar surface area (TPSA) is 57.7 Å². The van der Waals surface area contributed by atoms with Crippen molar-refractivity contribution in [2.24, 2.45) is 5.92 Å². The average molecular weight is 410 g/mol. The summed E-state index contributed by atoms with van der Waals surface area (Å²) >= 11 is 0. The van der Waals surface area contributed by atoms with Crippen molar-refractivity contribution in [2.45, 2.75) is 57.2 Å². The van der Waals surface area contributed by atoms with Gasteiger partial charge in [-0.1, -0.05) is 32.0 Å². The van der Waals surface area contributed by atoms with Crippen LogP contribution in [-0.4, -0.2) is 47.2 Å². The number of hydrogen-bond acceptors (Lipinski definition) is 3. The van der Waals surface area contributed by atoms with Gasteiger partial charge in [0.2, 0.25) is 17.7 Å². The van der Waals surface area contributed by atoms with Gasteiger partial charge in [-0.2, -0.15) is 13.2 Å². The number of likely N-dealkylation sites (tertiary alicyclic amines) is 1. The molecule has 2 aliphatic rings. The lowest BCUT2D eigenvalue weighted by Crippen LogP contribution is -2.44. The summed E-state index contributed by atoms with van der Waals surface area (Å²) in [6.45, 7) is 4.32. The minimum Gasteiger partial charge on any atom is -0.345 e. The Morgan fingerprint density at radius 1 is 1.28 bits per heavy atom. The van der Waals surface area contributed by atoms with Crippen molar-refractivity contribution in [3.8, 4) is 0 Å². The van der Waals surface area contributed by atoms with Gasteiger partial charge >= 0.3 is 6.18 Å². The van der Waals surface area contributed by atoms with Crippen molar-refractivity contribution in [3.05, 3.63) is 35.4 Å². The normalized spacial score (nSPS) is 22.5. The predicted molar refractivity (Wildman–Crippen MR) is 99.7 cm³/mol. The Balaban J connectivity index is 2.02. The molecule has 1 aliphatic carbocycles. The second kappa shape index (κ2) is 7.46. The zero-order valence-corrected chi connectivity index (χ0v) is 16.8. The number of benzene rings is 1. The van der Waals surface area contributed by atoms with Gasteiger partial charge in [0, 0.05) is 32.5 Å². The largest absolute Gasteiger partial charge is 0.416 e. The second-order valence-electron chi connectivity index (χ2n) is 8.48. The summed E-state index contributed by atoms with van der Waals surface area (Å²) in [5.41, 5.74) is -2.42. The SMILES string of the molecule is CC(C)CN(C)C(=O)CC1(c2cccc(C(F)(F)F)c2)CC(=O)N(C2CC2)C1=O. The number of imide groups is 1. The van der Waals surface area contributed by atoms with E-state index in [4.69, 9.17) is 0 Å². The van der Waals surface area contributed by atoms with Gasteiger partial charge < -0.3 is 4.90 Å². The van der Waals surface area contributed by atoms with Gasteiger partial charge in [-0.15, -0.1) is 0 Å². The smallest absolute Gasteiger partial charge is 0.345 e. The van der Waals surface area contributed by atoms with Gasteiger partial charge in [0.25, 0.3) is 0 Å². The first-order valence-electron chi connectivity index (χ1n) is 9.74. The molecule has 3 rings (SSSR count). The fourth-order valence-electron chi connectivity index (χ4n) is 3.97. The molecule has 0 spiro atoms. The predicted octanol–water partition coefficient (Wildman–Crippen LogP) is 3.37. The molecule has 0 aromatic heterocycles. The van der Waals surface area contributed by atoms with Crippen molar-refractivity contribution in [1.82, 2.24) is 9.80 Å². The van der Waals surface area contributed by atoms with Crippen LogP contribution in [0.3, 0.4) is 0 Å². The number of alkyl halides is 3. The highest BCUT2D eigenvalue weighted by Crippen LogP contribution is 2.45. The van der Waals surface area contributed by atoms with Gasteiger partial charge in [-0.3, -0.25) is 19.3 Å². The Hall–Kier alpha value is -2.38. The number of rotatable bonds is 6. The molecule has 29 heavy (non-hydrogen) atoms. The maximum absolute atomic E-state index is 13.3. The fourth-order valence-corrected chi connectivity index (χ4v) is 3.97. The minimum absolute atomic E-state index is 0.0696. The van der Waals surface area contributed by atoms with Crippen molar-refractivity contribution in [2.75, 3.05) is 13.6 Å². The highest BCUT2D eigenvalue weighted by molar-refractivity contribution is 6.11. The average Bonchev–Trinajstić information content (AvgIpc) is 3.41. The molecule has 1 saturated heterocycles. The lowest BCUT2D eigenvalue weighted by molar-refractivity contribution is -0.143. The Kier molecular flexibility index (Phi) is 5.49. The van der Waals surface area contributed by atoms with E-state index >= 15 is 0 Å². The first kappa shape index (κ1) is 21.3. The lowest BCUT2D eigenvalue weighted by atomic mass is 9.75.